The second-order valence-electron chi connectivity index (χ2n) is 8.46. The van der Waals surface area contributed by atoms with Gasteiger partial charge in [0.25, 0.3) is 5.91 Å². The average molecular weight is 407 g/mol. The normalized spacial score (nSPS) is 19.1. The zero-order chi connectivity index (χ0) is 20.5. The fourth-order valence-electron chi connectivity index (χ4n) is 4.73. The van der Waals surface area contributed by atoms with Gasteiger partial charge in [-0.15, -0.1) is 0 Å². The number of quaternary nitrogens is 1. The highest BCUT2D eigenvalue weighted by atomic mass is 16.5. The highest BCUT2D eigenvalue weighted by Crippen LogP contribution is 2.25. The quantitative estimate of drug-likeness (QED) is 0.833. The van der Waals surface area contributed by atoms with E-state index >= 15 is 0 Å². The molecule has 0 aromatic heterocycles. The van der Waals surface area contributed by atoms with Gasteiger partial charge in [0, 0.05) is 36.2 Å². The summed E-state index contributed by atoms with van der Waals surface area (Å²) in [7, 11) is 0. The molecule has 30 heavy (non-hydrogen) atoms. The summed E-state index contributed by atoms with van der Waals surface area (Å²) < 4.78 is 5.60. The number of piperazine rings is 1. The molecule has 0 spiro atoms. The second kappa shape index (κ2) is 8.11. The van der Waals surface area contributed by atoms with Crippen LogP contribution in [0, 0.1) is 0 Å². The first-order valence-electron chi connectivity index (χ1n) is 11.0. The molecule has 0 saturated carbocycles. The van der Waals surface area contributed by atoms with Crippen LogP contribution >= 0.6 is 0 Å². The third-order valence-corrected chi connectivity index (χ3v) is 6.47. The first-order chi connectivity index (χ1) is 14.7. The second-order valence-corrected chi connectivity index (χ2v) is 8.46. The molecule has 0 radical (unpaired) electrons. The van der Waals surface area contributed by atoms with Crippen molar-refractivity contribution in [2.24, 2.45) is 0 Å². The number of nitrogens with zero attached hydrogens (tertiary/aromatic N) is 2. The first-order valence-corrected chi connectivity index (χ1v) is 11.0. The number of carbonyl (C=O) groups excluding carboxylic acids is 2. The van der Waals surface area contributed by atoms with Crippen molar-refractivity contribution in [3.63, 3.8) is 0 Å². The van der Waals surface area contributed by atoms with E-state index in [-0.39, 0.29) is 11.8 Å². The molecule has 0 aliphatic carbocycles. The van der Waals surface area contributed by atoms with Crippen LogP contribution in [0.1, 0.15) is 34.3 Å². The summed E-state index contributed by atoms with van der Waals surface area (Å²) in [5, 5.41) is 0. The molecular weight excluding hydrogens is 378 g/mol. The number of nitrogens with one attached hydrogen (secondary N) is 1. The van der Waals surface area contributed by atoms with E-state index < -0.39 is 0 Å². The third kappa shape index (κ3) is 3.79. The minimum atomic E-state index is 0.0861. The van der Waals surface area contributed by atoms with E-state index in [1.807, 2.05) is 34.1 Å². The molecule has 0 atom stereocenters. The smallest absolute Gasteiger partial charge is 0.254 e. The van der Waals surface area contributed by atoms with Crippen LogP contribution in [-0.2, 0) is 17.8 Å². The minimum Gasteiger partial charge on any atom is -0.493 e. The van der Waals surface area contributed by atoms with Crippen molar-refractivity contribution in [3.05, 3.63) is 59.2 Å². The van der Waals surface area contributed by atoms with E-state index in [4.69, 9.17) is 4.74 Å². The molecule has 6 heteroatoms. The van der Waals surface area contributed by atoms with Crippen LogP contribution in [0.25, 0.3) is 0 Å². The van der Waals surface area contributed by atoms with Gasteiger partial charge < -0.3 is 19.4 Å². The molecule has 156 valence electrons. The molecule has 0 bridgehead atoms. The average Bonchev–Trinajstić information content (AvgIpc) is 3.42. The maximum Gasteiger partial charge on any atom is 0.254 e. The van der Waals surface area contributed by atoms with Gasteiger partial charge in [0.05, 0.1) is 32.8 Å². The highest BCUT2D eigenvalue weighted by molar-refractivity contribution is 5.97. The Bertz CT molecular complexity index is 949. The van der Waals surface area contributed by atoms with Gasteiger partial charge >= 0.3 is 0 Å². The van der Waals surface area contributed by atoms with Gasteiger partial charge in [-0.25, -0.2) is 0 Å². The first kappa shape index (κ1) is 19.1. The number of fused-ring (bicyclic) bond motifs is 1. The predicted molar refractivity (Wildman–Crippen MR) is 114 cm³/mol. The maximum atomic E-state index is 12.9. The molecule has 2 saturated heterocycles. The van der Waals surface area contributed by atoms with Gasteiger partial charge in [0.1, 0.15) is 12.3 Å². The Morgan fingerprint density at radius 3 is 2.53 bits per heavy atom. The number of rotatable bonds is 4. The number of benzene rings is 2. The van der Waals surface area contributed by atoms with E-state index in [1.165, 1.54) is 16.0 Å². The van der Waals surface area contributed by atoms with Crippen LogP contribution in [0.5, 0.6) is 5.75 Å². The van der Waals surface area contributed by atoms with Crippen molar-refractivity contribution < 1.29 is 19.2 Å². The molecule has 3 aliphatic heterocycles. The minimum absolute atomic E-state index is 0.0861. The molecule has 0 unspecified atom stereocenters. The lowest BCUT2D eigenvalue weighted by Gasteiger charge is -2.32. The summed E-state index contributed by atoms with van der Waals surface area (Å²) in [4.78, 5) is 30.1. The lowest BCUT2D eigenvalue weighted by atomic mass is 10.1. The summed E-state index contributed by atoms with van der Waals surface area (Å²) in [5.41, 5.74) is 4.26. The molecule has 2 amide bonds. The number of ether oxygens (including phenoxy) is 1. The van der Waals surface area contributed by atoms with Crippen LogP contribution in [0.3, 0.4) is 0 Å². The summed E-state index contributed by atoms with van der Waals surface area (Å²) in [5.74, 6) is 1.29. The molecule has 2 fully saturated rings. The molecule has 1 N–H and O–H groups in total. The van der Waals surface area contributed by atoms with Crippen LogP contribution < -0.4 is 14.5 Å². The highest BCUT2D eigenvalue weighted by Gasteiger charge is 2.26. The van der Waals surface area contributed by atoms with Crippen LogP contribution in [0.2, 0.25) is 0 Å². The summed E-state index contributed by atoms with van der Waals surface area (Å²) >= 11 is 0. The van der Waals surface area contributed by atoms with Gasteiger partial charge in [-0.1, -0.05) is 0 Å². The van der Waals surface area contributed by atoms with E-state index in [0.29, 0.717) is 12.0 Å². The molecular formula is C24H28N3O3+. The van der Waals surface area contributed by atoms with E-state index in [9.17, 15) is 9.59 Å². The van der Waals surface area contributed by atoms with Gasteiger partial charge in [-0.2, -0.15) is 0 Å². The van der Waals surface area contributed by atoms with Crippen LogP contribution in [-0.4, -0.2) is 56.0 Å². The lowest BCUT2D eigenvalue weighted by Crippen LogP contribution is -3.13. The Morgan fingerprint density at radius 1 is 1.00 bits per heavy atom. The molecule has 5 rings (SSSR count). The zero-order valence-electron chi connectivity index (χ0n) is 17.2. The van der Waals surface area contributed by atoms with E-state index in [2.05, 4.69) is 18.2 Å². The van der Waals surface area contributed by atoms with Crippen molar-refractivity contribution in [1.29, 1.82) is 0 Å². The Morgan fingerprint density at radius 2 is 1.80 bits per heavy atom. The van der Waals surface area contributed by atoms with Gasteiger partial charge in [-0.05, 0) is 54.4 Å². The Kier molecular flexibility index (Phi) is 5.17. The number of hydrogen-bond acceptors (Lipinski definition) is 3. The van der Waals surface area contributed by atoms with Crippen molar-refractivity contribution in [2.45, 2.75) is 25.8 Å². The van der Waals surface area contributed by atoms with Gasteiger partial charge in [0.2, 0.25) is 5.91 Å². The predicted octanol–water partition coefficient (Wildman–Crippen LogP) is 1.29. The Labute approximate surface area is 177 Å². The summed E-state index contributed by atoms with van der Waals surface area (Å²) in [6.07, 6.45) is 2.53. The standard InChI is InChI=1S/C24H27N3O3/c28-23-2-1-10-27(23)21-6-4-19(5-7-21)24(29)26-13-11-25(12-14-26)17-18-3-8-22-20(16-18)9-15-30-22/h3-8,16H,1-2,9-15,17H2/p+1. The monoisotopic (exact) mass is 406 g/mol. The van der Waals surface area contributed by atoms with Crippen molar-refractivity contribution in [3.8, 4) is 5.75 Å². The molecule has 2 aromatic carbocycles. The SMILES string of the molecule is O=C(c1ccc(N2CCCC2=O)cc1)N1CC[NH+](Cc2ccc3c(c2)CCO3)CC1. The van der Waals surface area contributed by atoms with E-state index in [1.54, 1.807) is 0 Å². The zero-order valence-corrected chi connectivity index (χ0v) is 17.2. The molecule has 3 heterocycles. The Balaban J connectivity index is 1.16. The molecule has 3 aliphatic rings. The number of amides is 2. The number of carbonyl (C=O) groups is 2. The summed E-state index contributed by atoms with van der Waals surface area (Å²) in [6.45, 7) is 6.02. The maximum absolute atomic E-state index is 12.9. The molecule has 6 nitrogen and oxygen atoms in total. The van der Waals surface area contributed by atoms with Crippen molar-refractivity contribution in [2.75, 3.05) is 44.2 Å². The molecule has 2 aromatic rings. The Hall–Kier alpha value is -2.86. The fraction of sp³-hybridized carbons (Fsp3) is 0.417. The van der Waals surface area contributed by atoms with Crippen LogP contribution in [0.4, 0.5) is 5.69 Å². The largest absolute Gasteiger partial charge is 0.493 e. The summed E-state index contributed by atoms with van der Waals surface area (Å²) in [6, 6.07) is 14.0. The van der Waals surface area contributed by atoms with Crippen LogP contribution in [0.15, 0.2) is 42.5 Å². The lowest BCUT2D eigenvalue weighted by molar-refractivity contribution is -0.917. The van der Waals surface area contributed by atoms with Crippen molar-refractivity contribution >= 4 is 17.5 Å². The fourth-order valence-corrected chi connectivity index (χ4v) is 4.73. The van der Waals surface area contributed by atoms with Gasteiger partial charge in [0.15, 0.2) is 0 Å². The van der Waals surface area contributed by atoms with Gasteiger partial charge in [-0.3, -0.25) is 9.59 Å². The third-order valence-electron chi connectivity index (χ3n) is 6.47. The van der Waals surface area contributed by atoms with Crippen molar-refractivity contribution in [1.82, 2.24) is 4.90 Å². The number of anilines is 1. The topological polar surface area (TPSA) is 54.3 Å². The van der Waals surface area contributed by atoms with E-state index in [0.717, 1.165) is 70.2 Å². The number of hydrogen-bond donors (Lipinski definition) is 1.